The summed E-state index contributed by atoms with van der Waals surface area (Å²) >= 11 is 13.2. The van der Waals surface area contributed by atoms with E-state index in [-0.39, 0.29) is 18.0 Å². The summed E-state index contributed by atoms with van der Waals surface area (Å²) < 4.78 is 13.2. The number of nitriles is 1. The Morgan fingerprint density at radius 1 is 1.25 bits per heavy atom. The maximum atomic E-state index is 11.8. The number of benzene rings is 2. The SMILES string of the molecule is CCOC(=O)[C@H]1C[C@H](Oc2ccc(Cl)c(Cc3cc4c(C)cc(C#N)cc4n3C)c2Cl)C1. The number of esters is 1. The Kier molecular flexibility index (Phi) is 6.37. The molecule has 166 valence electrons. The fourth-order valence-electron chi connectivity index (χ4n) is 4.20. The maximum absolute atomic E-state index is 11.8. The molecule has 0 N–H and O–H groups in total. The van der Waals surface area contributed by atoms with Crippen molar-refractivity contribution in [3.8, 4) is 11.8 Å². The Balaban J connectivity index is 1.57. The average Bonchev–Trinajstić information content (AvgIpc) is 3.05. The molecule has 2 aromatic carbocycles. The Labute approximate surface area is 197 Å². The lowest BCUT2D eigenvalue weighted by Crippen LogP contribution is -2.39. The zero-order chi connectivity index (χ0) is 23.0. The van der Waals surface area contributed by atoms with Crippen LogP contribution in [0.15, 0.2) is 30.3 Å². The van der Waals surface area contributed by atoms with E-state index in [2.05, 4.69) is 16.7 Å². The van der Waals surface area contributed by atoms with Gasteiger partial charge in [0.05, 0.1) is 29.2 Å². The standard InChI is InChI=1S/C25H24Cl2N2O3/c1-4-31-25(30)16-9-18(10-16)32-23-6-5-21(26)20(24(23)27)12-17-11-19-14(2)7-15(13-28)8-22(19)29(17)3/h5-8,11,16,18H,4,9-10,12H2,1-3H3/t16-,18-. The third-order valence-corrected chi connectivity index (χ3v) is 6.88. The van der Waals surface area contributed by atoms with Gasteiger partial charge >= 0.3 is 5.97 Å². The highest BCUT2D eigenvalue weighted by Gasteiger charge is 2.37. The van der Waals surface area contributed by atoms with E-state index in [4.69, 9.17) is 32.7 Å². The predicted octanol–water partition coefficient (Wildman–Crippen LogP) is 5.98. The first-order valence-corrected chi connectivity index (χ1v) is 11.4. The van der Waals surface area contributed by atoms with Crippen molar-refractivity contribution in [2.45, 2.75) is 39.2 Å². The normalized spacial score (nSPS) is 17.6. The van der Waals surface area contributed by atoms with Gasteiger partial charge in [0.1, 0.15) is 11.9 Å². The third kappa shape index (κ3) is 4.18. The first-order chi connectivity index (χ1) is 15.3. The second-order valence-electron chi connectivity index (χ2n) is 8.21. The molecule has 7 heteroatoms. The summed E-state index contributed by atoms with van der Waals surface area (Å²) in [4.78, 5) is 11.8. The number of rotatable bonds is 6. The van der Waals surface area contributed by atoms with Crippen LogP contribution in [-0.2, 0) is 23.0 Å². The van der Waals surface area contributed by atoms with Crippen LogP contribution in [0.25, 0.3) is 10.9 Å². The number of ether oxygens (including phenoxy) is 2. The lowest BCUT2D eigenvalue weighted by Gasteiger charge is -2.34. The fourth-order valence-corrected chi connectivity index (χ4v) is 4.75. The molecule has 1 aliphatic rings. The molecular weight excluding hydrogens is 447 g/mol. The first-order valence-electron chi connectivity index (χ1n) is 10.6. The molecule has 3 aromatic rings. The molecule has 5 nitrogen and oxygen atoms in total. The van der Waals surface area contributed by atoms with Gasteiger partial charge in [0.25, 0.3) is 0 Å². The molecule has 0 atom stereocenters. The zero-order valence-corrected chi connectivity index (χ0v) is 19.8. The number of hydrogen-bond acceptors (Lipinski definition) is 4. The third-order valence-electron chi connectivity index (χ3n) is 6.11. The minimum Gasteiger partial charge on any atom is -0.489 e. The van der Waals surface area contributed by atoms with E-state index in [1.165, 1.54) is 0 Å². The second kappa shape index (κ2) is 9.05. The number of nitrogens with zero attached hydrogens (tertiary/aromatic N) is 2. The van der Waals surface area contributed by atoms with Gasteiger partial charge in [-0.2, -0.15) is 5.26 Å². The summed E-state index contributed by atoms with van der Waals surface area (Å²) in [5, 5.41) is 11.4. The number of halogens is 2. The molecule has 1 fully saturated rings. The predicted molar refractivity (Wildman–Crippen MR) is 125 cm³/mol. The van der Waals surface area contributed by atoms with Crippen LogP contribution in [0.1, 0.15) is 42.1 Å². The van der Waals surface area contributed by atoms with Crippen LogP contribution in [0.5, 0.6) is 5.75 Å². The van der Waals surface area contributed by atoms with E-state index in [0.717, 1.165) is 27.7 Å². The molecular formula is C25H24Cl2N2O3. The van der Waals surface area contributed by atoms with Gasteiger partial charge in [0.2, 0.25) is 0 Å². The van der Waals surface area contributed by atoms with Gasteiger partial charge in [0, 0.05) is 35.1 Å². The number of hydrogen-bond donors (Lipinski definition) is 0. The molecule has 0 spiro atoms. The number of carbonyl (C=O) groups is 1. The highest BCUT2D eigenvalue weighted by atomic mass is 35.5. The summed E-state index contributed by atoms with van der Waals surface area (Å²) in [7, 11) is 1.98. The van der Waals surface area contributed by atoms with Crippen molar-refractivity contribution in [3.63, 3.8) is 0 Å². The second-order valence-corrected chi connectivity index (χ2v) is 8.99. The maximum Gasteiger partial charge on any atom is 0.309 e. The van der Waals surface area contributed by atoms with Crippen molar-refractivity contribution in [1.29, 1.82) is 5.26 Å². The van der Waals surface area contributed by atoms with E-state index in [1.807, 2.05) is 26.1 Å². The Bertz CT molecular complexity index is 1240. The van der Waals surface area contributed by atoms with E-state index in [9.17, 15) is 10.1 Å². The number of carbonyl (C=O) groups excluding carboxylic acids is 1. The van der Waals surface area contributed by atoms with Crippen LogP contribution >= 0.6 is 23.2 Å². The molecule has 0 unspecified atom stereocenters. The quantitative estimate of drug-likeness (QED) is 0.415. The van der Waals surface area contributed by atoms with Gasteiger partial charge in [-0.05, 0) is 68.1 Å². The van der Waals surface area contributed by atoms with Crippen molar-refractivity contribution >= 4 is 40.1 Å². The van der Waals surface area contributed by atoms with Crippen molar-refractivity contribution in [3.05, 3.63) is 62.8 Å². The first kappa shape index (κ1) is 22.5. The lowest BCUT2D eigenvalue weighted by atomic mass is 9.82. The molecule has 0 aliphatic heterocycles. The van der Waals surface area contributed by atoms with Gasteiger partial charge < -0.3 is 14.0 Å². The Morgan fingerprint density at radius 3 is 2.69 bits per heavy atom. The summed E-state index contributed by atoms with van der Waals surface area (Å²) in [6.45, 7) is 4.20. The van der Waals surface area contributed by atoms with Crippen LogP contribution in [0.3, 0.4) is 0 Å². The van der Waals surface area contributed by atoms with Crippen LogP contribution in [0, 0.1) is 24.2 Å². The minimum atomic E-state index is -0.166. The van der Waals surface area contributed by atoms with Gasteiger partial charge in [-0.25, -0.2) is 0 Å². The highest BCUT2D eigenvalue weighted by Crippen LogP contribution is 2.39. The van der Waals surface area contributed by atoms with Crippen LogP contribution in [0.4, 0.5) is 0 Å². The molecule has 32 heavy (non-hydrogen) atoms. The van der Waals surface area contributed by atoms with Crippen molar-refractivity contribution in [2.75, 3.05) is 6.61 Å². The van der Waals surface area contributed by atoms with E-state index in [1.54, 1.807) is 19.1 Å². The molecule has 4 rings (SSSR count). The van der Waals surface area contributed by atoms with Crippen molar-refractivity contribution < 1.29 is 14.3 Å². The topological polar surface area (TPSA) is 64.2 Å². The van der Waals surface area contributed by atoms with Gasteiger partial charge in [-0.15, -0.1) is 0 Å². The number of aryl methyl sites for hydroxylation is 2. The van der Waals surface area contributed by atoms with E-state index in [0.29, 0.717) is 47.2 Å². The molecule has 1 aromatic heterocycles. The average molecular weight is 471 g/mol. The minimum absolute atomic E-state index is 0.0689. The number of fused-ring (bicyclic) bond motifs is 1. The summed E-state index contributed by atoms with van der Waals surface area (Å²) in [6, 6.07) is 11.7. The molecule has 0 amide bonds. The molecule has 0 radical (unpaired) electrons. The molecule has 1 heterocycles. The molecule has 1 saturated carbocycles. The monoisotopic (exact) mass is 470 g/mol. The van der Waals surface area contributed by atoms with Gasteiger partial charge in [-0.3, -0.25) is 4.79 Å². The largest absolute Gasteiger partial charge is 0.489 e. The summed E-state index contributed by atoms with van der Waals surface area (Å²) in [5.74, 6) is 0.295. The summed E-state index contributed by atoms with van der Waals surface area (Å²) in [5.41, 5.74) is 4.50. The fraction of sp³-hybridized carbons (Fsp3) is 0.360. The van der Waals surface area contributed by atoms with Crippen LogP contribution in [0.2, 0.25) is 10.0 Å². The Hall–Kier alpha value is -2.68. The van der Waals surface area contributed by atoms with E-state index < -0.39 is 0 Å². The number of aromatic nitrogens is 1. The van der Waals surface area contributed by atoms with Crippen molar-refractivity contribution in [1.82, 2.24) is 4.57 Å². The smallest absolute Gasteiger partial charge is 0.309 e. The molecule has 0 bridgehead atoms. The Morgan fingerprint density at radius 2 is 2.00 bits per heavy atom. The van der Waals surface area contributed by atoms with Crippen LogP contribution < -0.4 is 4.74 Å². The molecule has 0 saturated heterocycles. The zero-order valence-electron chi connectivity index (χ0n) is 18.2. The van der Waals surface area contributed by atoms with Crippen LogP contribution in [-0.4, -0.2) is 23.2 Å². The highest BCUT2D eigenvalue weighted by molar-refractivity contribution is 6.37. The van der Waals surface area contributed by atoms with Crippen molar-refractivity contribution in [2.24, 2.45) is 13.0 Å². The molecule has 1 aliphatic carbocycles. The lowest BCUT2D eigenvalue weighted by molar-refractivity contribution is -0.154. The van der Waals surface area contributed by atoms with Gasteiger partial charge in [-0.1, -0.05) is 23.2 Å². The van der Waals surface area contributed by atoms with Gasteiger partial charge in [0.15, 0.2) is 0 Å². The summed E-state index contributed by atoms with van der Waals surface area (Å²) in [6.07, 6.45) is 1.70. The van der Waals surface area contributed by atoms with E-state index >= 15 is 0 Å².